The molecule has 5 nitrogen and oxygen atoms in total. The summed E-state index contributed by atoms with van der Waals surface area (Å²) in [6.45, 7) is 11.3. The molecule has 0 radical (unpaired) electrons. The fraction of sp³-hybridized carbons (Fsp3) is 0.552. The summed E-state index contributed by atoms with van der Waals surface area (Å²) in [5, 5.41) is 3.21. The lowest BCUT2D eigenvalue weighted by molar-refractivity contribution is -0.0353. The topological polar surface area (TPSA) is 50.8 Å². The normalized spacial score (nSPS) is 26.8. The van der Waals surface area contributed by atoms with Crippen molar-refractivity contribution in [2.45, 2.75) is 71.6 Å². The predicted molar refractivity (Wildman–Crippen MR) is 135 cm³/mol. The van der Waals surface area contributed by atoms with Crippen LogP contribution in [-0.2, 0) is 11.2 Å². The van der Waals surface area contributed by atoms with Crippen LogP contribution < -0.4 is 10.1 Å². The lowest BCUT2D eigenvalue weighted by atomic mass is 9.70. The van der Waals surface area contributed by atoms with E-state index >= 15 is 0 Å². The zero-order valence-corrected chi connectivity index (χ0v) is 21.3. The van der Waals surface area contributed by atoms with Crippen LogP contribution in [0.3, 0.4) is 0 Å². The zero-order valence-electron chi connectivity index (χ0n) is 21.3. The predicted octanol–water partition coefficient (Wildman–Crippen LogP) is 6.11. The van der Waals surface area contributed by atoms with E-state index in [9.17, 15) is 9.18 Å². The number of amides is 1. The van der Waals surface area contributed by atoms with E-state index in [0.29, 0.717) is 5.92 Å². The van der Waals surface area contributed by atoms with Gasteiger partial charge in [-0.1, -0.05) is 38.1 Å². The van der Waals surface area contributed by atoms with Crippen molar-refractivity contribution in [1.82, 2.24) is 10.2 Å². The number of carbonyl (C=O) groups is 1. The third-order valence-corrected chi connectivity index (χ3v) is 8.02. The summed E-state index contributed by atoms with van der Waals surface area (Å²) in [4.78, 5) is 15.4. The van der Waals surface area contributed by atoms with Crippen LogP contribution in [0.1, 0.15) is 64.1 Å². The van der Waals surface area contributed by atoms with Gasteiger partial charge in [0.1, 0.15) is 6.10 Å². The minimum atomic E-state index is -0.356. The summed E-state index contributed by atoms with van der Waals surface area (Å²) in [7, 11) is 0. The van der Waals surface area contributed by atoms with Crippen LogP contribution in [0.4, 0.5) is 9.18 Å². The fourth-order valence-electron chi connectivity index (χ4n) is 5.94. The molecule has 3 aliphatic heterocycles. The van der Waals surface area contributed by atoms with Crippen molar-refractivity contribution in [2.75, 3.05) is 19.6 Å². The maximum atomic E-state index is 14.6. The maximum absolute atomic E-state index is 14.6. The standard InChI is InChI=1S/C29H37FN2O3/c1-18(2)34-25-8-6-21(16-24(25)30)20-5-7-23-22(15-20)9-12-29(3,4)27(23)31-28(33)35-26-17-32-13-10-19(26)11-14-32/h5-8,15-16,18-19,26-27H,9-14,17H2,1-4H3,(H,31,33)/t26-,27?/m1/s1. The van der Waals surface area contributed by atoms with Crippen LogP contribution >= 0.6 is 0 Å². The molecule has 0 aromatic heterocycles. The Kier molecular flexibility index (Phi) is 6.51. The molecular weight excluding hydrogens is 443 g/mol. The SMILES string of the molecule is CC(C)Oc1ccc(-c2ccc3c(c2)CCC(C)(C)C3NC(=O)O[C@@H]2CN3CCC2CC3)cc1F. The van der Waals surface area contributed by atoms with Crippen molar-refractivity contribution in [3.05, 3.63) is 53.3 Å². The van der Waals surface area contributed by atoms with Gasteiger partial charge in [0.2, 0.25) is 0 Å². The lowest BCUT2D eigenvalue weighted by Crippen LogP contribution is -2.53. The number of fused-ring (bicyclic) bond motifs is 4. The molecule has 6 heteroatoms. The van der Waals surface area contributed by atoms with Gasteiger partial charge in [0, 0.05) is 6.54 Å². The average Bonchev–Trinajstić information content (AvgIpc) is 2.82. The van der Waals surface area contributed by atoms with Crippen LogP contribution in [-0.4, -0.2) is 42.8 Å². The highest BCUT2D eigenvalue weighted by atomic mass is 19.1. The van der Waals surface area contributed by atoms with E-state index in [1.54, 1.807) is 6.07 Å². The van der Waals surface area contributed by atoms with Gasteiger partial charge in [-0.05, 0) is 98.3 Å². The van der Waals surface area contributed by atoms with Crippen molar-refractivity contribution in [1.29, 1.82) is 0 Å². The highest BCUT2D eigenvalue weighted by Gasteiger charge is 2.40. The van der Waals surface area contributed by atoms with E-state index in [1.807, 2.05) is 26.0 Å². The molecule has 0 spiro atoms. The van der Waals surface area contributed by atoms with Crippen LogP contribution in [0, 0.1) is 17.2 Å². The van der Waals surface area contributed by atoms with Crippen molar-refractivity contribution >= 4 is 6.09 Å². The van der Waals surface area contributed by atoms with E-state index < -0.39 is 0 Å². The largest absolute Gasteiger partial charge is 0.488 e. The van der Waals surface area contributed by atoms with Gasteiger partial charge in [0.25, 0.3) is 0 Å². The van der Waals surface area contributed by atoms with E-state index in [1.165, 1.54) is 11.6 Å². The molecule has 3 saturated heterocycles. The summed E-state index contributed by atoms with van der Waals surface area (Å²) in [6.07, 6.45) is 3.69. The minimum absolute atomic E-state index is 0.0106. The second kappa shape index (κ2) is 9.45. The number of carbonyl (C=O) groups excluding carboxylic acids is 1. The van der Waals surface area contributed by atoms with Crippen molar-refractivity contribution in [2.24, 2.45) is 11.3 Å². The molecule has 188 valence electrons. The second-order valence-electron chi connectivity index (χ2n) is 11.4. The van der Waals surface area contributed by atoms with Gasteiger partial charge >= 0.3 is 6.09 Å². The van der Waals surface area contributed by atoms with Crippen LogP contribution in [0.15, 0.2) is 36.4 Å². The number of piperidine rings is 3. The van der Waals surface area contributed by atoms with E-state index in [4.69, 9.17) is 9.47 Å². The number of halogens is 1. The summed E-state index contributed by atoms with van der Waals surface area (Å²) in [5.74, 6) is 0.400. The van der Waals surface area contributed by atoms with Crippen LogP contribution in [0.25, 0.3) is 11.1 Å². The number of nitrogens with zero attached hydrogens (tertiary/aromatic N) is 1. The highest BCUT2D eigenvalue weighted by molar-refractivity contribution is 5.70. The first kappa shape index (κ1) is 24.1. The van der Waals surface area contributed by atoms with Crippen LogP contribution in [0.5, 0.6) is 5.75 Å². The Morgan fingerprint density at radius 3 is 2.49 bits per heavy atom. The molecule has 3 heterocycles. The summed E-state index contributed by atoms with van der Waals surface area (Å²) < 4.78 is 26.1. The molecule has 35 heavy (non-hydrogen) atoms. The Hall–Kier alpha value is -2.60. The molecule has 6 rings (SSSR count). The van der Waals surface area contributed by atoms with Crippen molar-refractivity contribution in [3.8, 4) is 16.9 Å². The highest BCUT2D eigenvalue weighted by Crippen LogP contribution is 2.44. The average molecular weight is 481 g/mol. The number of nitrogens with one attached hydrogen (secondary N) is 1. The van der Waals surface area contributed by atoms with E-state index in [2.05, 4.69) is 36.2 Å². The third kappa shape index (κ3) is 5.04. The van der Waals surface area contributed by atoms with Crippen molar-refractivity contribution < 1.29 is 18.7 Å². The summed E-state index contributed by atoms with van der Waals surface area (Å²) in [6, 6.07) is 11.2. The number of benzene rings is 2. The van der Waals surface area contributed by atoms with Gasteiger partial charge < -0.3 is 14.8 Å². The summed E-state index contributed by atoms with van der Waals surface area (Å²) >= 11 is 0. The summed E-state index contributed by atoms with van der Waals surface area (Å²) in [5.41, 5.74) is 4.00. The van der Waals surface area contributed by atoms with E-state index in [-0.39, 0.29) is 41.3 Å². The van der Waals surface area contributed by atoms with Gasteiger partial charge in [-0.2, -0.15) is 0 Å². The molecule has 2 aromatic carbocycles. The van der Waals surface area contributed by atoms with Gasteiger partial charge in [0.15, 0.2) is 11.6 Å². The number of hydrogen-bond donors (Lipinski definition) is 1. The number of rotatable bonds is 5. The quantitative estimate of drug-likeness (QED) is 0.561. The van der Waals surface area contributed by atoms with Gasteiger partial charge in [0.05, 0.1) is 12.1 Å². The van der Waals surface area contributed by atoms with Gasteiger partial charge in [-0.15, -0.1) is 0 Å². The molecule has 1 amide bonds. The molecule has 2 atom stereocenters. The van der Waals surface area contributed by atoms with E-state index in [0.717, 1.165) is 62.0 Å². The Labute approximate surface area is 208 Å². The molecule has 4 aliphatic rings. The molecule has 1 N–H and O–H groups in total. The zero-order chi connectivity index (χ0) is 24.7. The smallest absolute Gasteiger partial charge is 0.407 e. The Morgan fingerprint density at radius 2 is 1.83 bits per heavy atom. The first-order chi connectivity index (χ1) is 16.7. The Balaban J connectivity index is 1.34. The Morgan fingerprint density at radius 1 is 1.11 bits per heavy atom. The van der Waals surface area contributed by atoms with Gasteiger partial charge in [-0.3, -0.25) is 4.90 Å². The molecule has 3 fully saturated rings. The monoisotopic (exact) mass is 480 g/mol. The lowest BCUT2D eigenvalue weighted by Gasteiger charge is -2.44. The first-order valence-corrected chi connectivity index (χ1v) is 13.0. The second-order valence-corrected chi connectivity index (χ2v) is 11.4. The van der Waals surface area contributed by atoms with Crippen molar-refractivity contribution in [3.63, 3.8) is 0 Å². The minimum Gasteiger partial charge on any atom is -0.488 e. The number of aryl methyl sites for hydroxylation is 1. The first-order valence-electron chi connectivity index (χ1n) is 13.0. The Bertz CT molecular complexity index is 1090. The fourth-order valence-corrected chi connectivity index (χ4v) is 5.94. The molecule has 2 bridgehead atoms. The molecule has 1 aliphatic carbocycles. The van der Waals surface area contributed by atoms with Crippen LogP contribution in [0.2, 0.25) is 0 Å². The third-order valence-electron chi connectivity index (χ3n) is 8.02. The molecule has 1 unspecified atom stereocenters. The molecular formula is C29H37FN2O3. The maximum Gasteiger partial charge on any atom is 0.407 e. The number of alkyl carbamates (subject to hydrolysis) is 1. The number of hydrogen-bond acceptors (Lipinski definition) is 4. The molecule has 2 aromatic rings. The van der Waals surface area contributed by atoms with Gasteiger partial charge in [-0.25, -0.2) is 9.18 Å². The molecule has 0 saturated carbocycles. The number of ether oxygens (including phenoxy) is 2.